The second kappa shape index (κ2) is 12.5. The van der Waals surface area contributed by atoms with Crippen molar-refractivity contribution in [2.75, 3.05) is 0 Å². The van der Waals surface area contributed by atoms with Gasteiger partial charge in [0.1, 0.15) is 11.2 Å². The first-order valence-electron chi connectivity index (χ1n) is 18.8. The zero-order chi connectivity index (χ0) is 36.4. The van der Waals surface area contributed by atoms with Gasteiger partial charge in [-0.15, -0.1) is 0 Å². The van der Waals surface area contributed by atoms with Gasteiger partial charge in [0.05, 0.1) is 11.0 Å². The van der Waals surface area contributed by atoms with Gasteiger partial charge < -0.3 is 8.98 Å². The van der Waals surface area contributed by atoms with Crippen molar-refractivity contribution in [2.45, 2.75) is 26.2 Å². The highest BCUT2D eigenvalue weighted by molar-refractivity contribution is 6.13. The standard InChI is InChI=1S/C52H39NO/c1-52(2,3)41-26-22-34(23-27-41)35-12-9-13-36(30-35)37-14-10-15-38(31-37)39-25-29-50-47(32-39)45-20-11-19-43(51(45)54-50)40-24-28-49-46(33-40)44-18-7-8-21-48(44)53(49)42-16-5-4-6-17-42/h4-33H,1-3H3. The Morgan fingerprint density at radius 3 is 1.67 bits per heavy atom. The maximum Gasteiger partial charge on any atom is 0.143 e. The lowest BCUT2D eigenvalue weighted by molar-refractivity contribution is 0.590. The van der Waals surface area contributed by atoms with Crippen LogP contribution in [0.4, 0.5) is 0 Å². The molecule has 0 aliphatic carbocycles. The molecule has 2 aromatic heterocycles. The van der Waals surface area contributed by atoms with Crippen LogP contribution in [0, 0.1) is 0 Å². The smallest absolute Gasteiger partial charge is 0.143 e. The molecule has 0 spiro atoms. The number of benzene rings is 8. The number of para-hydroxylation sites is 3. The molecule has 0 aliphatic heterocycles. The van der Waals surface area contributed by atoms with Crippen LogP contribution in [0.25, 0.3) is 93.9 Å². The fourth-order valence-electron chi connectivity index (χ4n) is 8.12. The maximum absolute atomic E-state index is 6.67. The molecule has 54 heavy (non-hydrogen) atoms. The molecule has 258 valence electrons. The van der Waals surface area contributed by atoms with Gasteiger partial charge >= 0.3 is 0 Å². The molecule has 0 radical (unpaired) electrons. The summed E-state index contributed by atoms with van der Waals surface area (Å²) in [6.07, 6.45) is 0. The minimum atomic E-state index is 0.135. The molecule has 0 saturated carbocycles. The zero-order valence-electron chi connectivity index (χ0n) is 30.7. The van der Waals surface area contributed by atoms with Crippen LogP contribution in [0.1, 0.15) is 26.3 Å². The first kappa shape index (κ1) is 32.0. The predicted molar refractivity (Wildman–Crippen MR) is 229 cm³/mol. The van der Waals surface area contributed by atoms with Gasteiger partial charge in [0.2, 0.25) is 0 Å². The summed E-state index contributed by atoms with van der Waals surface area (Å²) in [6.45, 7) is 6.77. The van der Waals surface area contributed by atoms with Crippen molar-refractivity contribution < 1.29 is 4.42 Å². The van der Waals surface area contributed by atoms with Crippen LogP contribution in [0.2, 0.25) is 0 Å². The Morgan fingerprint density at radius 1 is 0.389 bits per heavy atom. The second-order valence-corrected chi connectivity index (χ2v) is 15.4. The highest BCUT2D eigenvalue weighted by Gasteiger charge is 2.17. The van der Waals surface area contributed by atoms with Crippen molar-refractivity contribution in [1.82, 2.24) is 4.57 Å². The van der Waals surface area contributed by atoms with Crippen LogP contribution in [0.3, 0.4) is 0 Å². The van der Waals surface area contributed by atoms with Crippen LogP contribution in [0.5, 0.6) is 0 Å². The molecule has 0 aliphatic rings. The topological polar surface area (TPSA) is 18.1 Å². The van der Waals surface area contributed by atoms with Crippen LogP contribution in [0.15, 0.2) is 186 Å². The summed E-state index contributed by atoms with van der Waals surface area (Å²) in [5, 5.41) is 4.71. The van der Waals surface area contributed by atoms with E-state index in [1.807, 2.05) is 0 Å². The molecule has 0 amide bonds. The number of aromatic nitrogens is 1. The predicted octanol–water partition coefficient (Wildman–Crippen LogP) is 14.6. The molecule has 0 fully saturated rings. The minimum absolute atomic E-state index is 0.135. The third-order valence-electron chi connectivity index (χ3n) is 11.0. The first-order chi connectivity index (χ1) is 26.4. The molecule has 10 rings (SSSR count). The van der Waals surface area contributed by atoms with E-state index in [2.05, 4.69) is 207 Å². The van der Waals surface area contributed by atoms with Gasteiger partial charge in [-0.05, 0) is 105 Å². The lowest BCUT2D eigenvalue weighted by Gasteiger charge is -2.19. The fraction of sp³-hybridized carbons (Fsp3) is 0.0769. The summed E-state index contributed by atoms with van der Waals surface area (Å²) < 4.78 is 9.03. The Bertz CT molecular complexity index is 3010. The minimum Gasteiger partial charge on any atom is -0.455 e. The monoisotopic (exact) mass is 693 g/mol. The molecule has 2 heterocycles. The highest BCUT2D eigenvalue weighted by atomic mass is 16.3. The van der Waals surface area contributed by atoms with Crippen molar-refractivity contribution in [3.8, 4) is 50.2 Å². The van der Waals surface area contributed by atoms with E-state index in [9.17, 15) is 0 Å². The summed E-state index contributed by atoms with van der Waals surface area (Å²) in [5.41, 5.74) is 16.3. The SMILES string of the molecule is CC(C)(C)c1ccc(-c2cccc(-c3cccc(-c4ccc5oc6c(-c7ccc8c(c7)c7ccccc7n8-c7ccccc7)cccc6c5c4)c3)c2)cc1. The molecule has 2 nitrogen and oxygen atoms in total. The largest absolute Gasteiger partial charge is 0.455 e. The van der Waals surface area contributed by atoms with E-state index in [-0.39, 0.29) is 5.41 Å². The second-order valence-electron chi connectivity index (χ2n) is 15.4. The molecular weight excluding hydrogens is 655 g/mol. The molecule has 0 N–H and O–H groups in total. The van der Waals surface area contributed by atoms with Gasteiger partial charge in [-0.2, -0.15) is 0 Å². The van der Waals surface area contributed by atoms with Gasteiger partial charge in [-0.1, -0.05) is 148 Å². The molecule has 2 heteroatoms. The van der Waals surface area contributed by atoms with E-state index in [1.165, 1.54) is 60.8 Å². The third-order valence-corrected chi connectivity index (χ3v) is 11.0. The Kier molecular flexibility index (Phi) is 7.42. The molecule has 0 unspecified atom stereocenters. The fourth-order valence-corrected chi connectivity index (χ4v) is 8.12. The van der Waals surface area contributed by atoms with E-state index in [1.54, 1.807) is 0 Å². The first-order valence-corrected chi connectivity index (χ1v) is 18.8. The van der Waals surface area contributed by atoms with Crippen LogP contribution in [-0.2, 0) is 5.41 Å². The molecule has 0 saturated heterocycles. The van der Waals surface area contributed by atoms with Crippen LogP contribution >= 0.6 is 0 Å². The third kappa shape index (κ3) is 5.42. The summed E-state index contributed by atoms with van der Waals surface area (Å²) in [6, 6.07) is 65.9. The molecule has 8 aromatic carbocycles. The van der Waals surface area contributed by atoms with E-state index >= 15 is 0 Å². The van der Waals surface area contributed by atoms with Gasteiger partial charge in [-0.3, -0.25) is 0 Å². The van der Waals surface area contributed by atoms with Gasteiger partial charge in [0, 0.05) is 32.8 Å². The van der Waals surface area contributed by atoms with Crippen LogP contribution < -0.4 is 0 Å². The van der Waals surface area contributed by atoms with Crippen molar-refractivity contribution >= 4 is 43.7 Å². The van der Waals surface area contributed by atoms with Gasteiger partial charge in [0.25, 0.3) is 0 Å². The summed E-state index contributed by atoms with van der Waals surface area (Å²) in [4.78, 5) is 0. The van der Waals surface area contributed by atoms with Crippen molar-refractivity contribution in [3.05, 3.63) is 188 Å². The average molecular weight is 694 g/mol. The highest BCUT2D eigenvalue weighted by Crippen LogP contribution is 2.41. The Labute approximate surface area is 315 Å². The summed E-state index contributed by atoms with van der Waals surface area (Å²) in [7, 11) is 0. The zero-order valence-corrected chi connectivity index (χ0v) is 30.7. The van der Waals surface area contributed by atoms with Crippen molar-refractivity contribution in [2.24, 2.45) is 0 Å². The summed E-state index contributed by atoms with van der Waals surface area (Å²) in [5.74, 6) is 0. The van der Waals surface area contributed by atoms with Gasteiger partial charge in [0.15, 0.2) is 0 Å². The van der Waals surface area contributed by atoms with E-state index in [4.69, 9.17) is 4.42 Å². The number of fused-ring (bicyclic) bond motifs is 6. The lowest BCUT2D eigenvalue weighted by Crippen LogP contribution is -2.10. The maximum atomic E-state index is 6.67. The number of rotatable bonds is 5. The number of nitrogens with zero attached hydrogens (tertiary/aromatic N) is 1. The molecule has 10 aromatic rings. The molecule has 0 bridgehead atoms. The van der Waals surface area contributed by atoms with Crippen molar-refractivity contribution in [1.29, 1.82) is 0 Å². The molecular formula is C52H39NO. The number of hydrogen-bond donors (Lipinski definition) is 0. The quantitative estimate of drug-likeness (QED) is 0.175. The van der Waals surface area contributed by atoms with Crippen LogP contribution in [-0.4, -0.2) is 4.57 Å². The Balaban J connectivity index is 1.02. The van der Waals surface area contributed by atoms with E-state index < -0.39 is 0 Å². The summed E-state index contributed by atoms with van der Waals surface area (Å²) >= 11 is 0. The normalized spacial score (nSPS) is 12.0. The Hall–Kier alpha value is -6.64. The van der Waals surface area contributed by atoms with E-state index in [0.717, 1.165) is 38.8 Å². The Morgan fingerprint density at radius 2 is 0.944 bits per heavy atom. The van der Waals surface area contributed by atoms with E-state index in [0.29, 0.717) is 0 Å². The lowest BCUT2D eigenvalue weighted by atomic mass is 9.86. The number of hydrogen-bond acceptors (Lipinski definition) is 1. The van der Waals surface area contributed by atoms with Gasteiger partial charge in [-0.25, -0.2) is 0 Å². The molecule has 0 atom stereocenters. The number of furan rings is 1. The average Bonchev–Trinajstić information content (AvgIpc) is 3.76. The van der Waals surface area contributed by atoms with Crippen molar-refractivity contribution in [3.63, 3.8) is 0 Å².